The van der Waals surface area contributed by atoms with Gasteiger partial charge in [-0.25, -0.2) is 0 Å². The molecule has 4 heteroatoms. The number of terminal acetylenes is 1. The number of rotatable bonds is 4. The van der Waals surface area contributed by atoms with E-state index in [1.807, 2.05) is 58.0 Å². The summed E-state index contributed by atoms with van der Waals surface area (Å²) in [7, 11) is 0. The Bertz CT molecular complexity index is 724. The first kappa shape index (κ1) is 15.8. The number of benzene rings is 1. The Morgan fingerprint density at radius 1 is 1.41 bits per heavy atom. The number of hydrogen-bond acceptors (Lipinski definition) is 2. The van der Waals surface area contributed by atoms with Crippen molar-refractivity contribution in [3.8, 4) is 12.3 Å². The van der Waals surface area contributed by atoms with Crippen LogP contribution in [0.15, 0.2) is 30.3 Å². The van der Waals surface area contributed by atoms with Crippen molar-refractivity contribution in [1.82, 2.24) is 9.78 Å². The highest BCUT2D eigenvalue weighted by Crippen LogP contribution is 2.21. The van der Waals surface area contributed by atoms with Crippen LogP contribution in [0.1, 0.15) is 36.8 Å². The number of carbonyl (C=O) groups is 1. The lowest BCUT2D eigenvalue weighted by Crippen LogP contribution is -2.37. The fraction of sp³-hybridized carbons (Fsp3) is 0.333. The van der Waals surface area contributed by atoms with E-state index in [2.05, 4.69) is 11.0 Å². The first-order valence-electron chi connectivity index (χ1n) is 7.38. The van der Waals surface area contributed by atoms with Gasteiger partial charge in [0.1, 0.15) is 6.04 Å². The molecule has 1 heterocycles. The molecule has 0 radical (unpaired) electrons. The molecule has 0 saturated carbocycles. The highest BCUT2D eigenvalue weighted by Gasteiger charge is 2.24. The zero-order valence-corrected chi connectivity index (χ0v) is 13.5. The normalized spacial score (nSPS) is 11.8. The monoisotopic (exact) mass is 295 g/mol. The second-order valence-electron chi connectivity index (χ2n) is 5.32. The second kappa shape index (κ2) is 6.48. The predicted octanol–water partition coefficient (Wildman–Crippen LogP) is 3.10. The van der Waals surface area contributed by atoms with Crippen molar-refractivity contribution in [3.05, 3.63) is 47.3 Å². The zero-order valence-electron chi connectivity index (χ0n) is 13.5. The molecule has 0 N–H and O–H groups in total. The maximum atomic E-state index is 12.8. The summed E-state index contributed by atoms with van der Waals surface area (Å²) in [4.78, 5) is 14.6. The average molecular weight is 295 g/mol. The zero-order chi connectivity index (χ0) is 16.3. The Morgan fingerprint density at radius 3 is 2.68 bits per heavy atom. The maximum Gasteiger partial charge on any atom is 0.251 e. The number of aromatic nitrogens is 2. The van der Waals surface area contributed by atoms with Gasteiger partial charge < -0.3 is 4.90 Å². The van der Waals surface area contributed by atoms with Gasteiger partial charge in [-0.15, -0.1) is 6.42 Å². The summed E-state index contributed by atoms with van der Waals surface area (Å²) in [6, 6.07) is 9.09. The first-order chi connectivity index (χ1) is 10.5. The lowest BCUT2D eigenvalue weighted by atomic mass is 10.1. The van der Waals surface area contributed by atoms with Crippen molar-refractivity contribution in [2.45, 2.75) is 33.7 Å². The Hall–Kier alpha value is -2.54. The van der Waals surface area contributed by atoms with Gasteiger partial charge in [-0.1, -0.05) is 12.0 Å². The molecule has 0 spiro atoms. The van der Waals surface area contributed by atoms with Gasteiger partial charge >= 0.3 is 0 Å². The number of likely N-dealkylation sites (N-methyl/N-ethyl adjacent to an activating group) is 1. The van der Waals surface area contributed by atoms with Gasteiger partial charge in [0.2, 0.25) is 0 Å². The van der Waals surface area contributed by atoms with Crippen molar-refractivity contribution < 1.29 is 4.79 Å². The summed E-state index contributed by atoms with van der Waals surface area (Å²) in [6.45, 7) is 8.29. The Kier molecular flexibility index (Phi) is 4.67. The minimum Gasteiger partial charge on any atom is -0.311 e. The SMILES string of the molecule is C#Cc1cccc(N(CC)C(=O)C(C)n2nc(C)cc2C)c1. The fourth-order valence-corrected chi connectivity index (χ4v) is 2.60. The molecule has 4 nitrogen and oxygen atoms in total. The van der Waals surface area contributed by atoms with Crippen LogP contribution < -0.4 is 4.90 Å². The predicted molar refractivity (Wildman–Crippen MR) is 88.8 cm³/mol. The molecule has 0 saturated heterocycles. The largest absolute Gasteiger partial charge is 0.311 e. The van der Waals surface area contributed by atoms with Crippen molar-refractivity contribution in [2.24, 2.45) is 0 Å². The quantitative estimate of drug-likeness (QED) is 0.813. The topological polar surface area (TPSA) is 38.1 Å². The van der Waals surface area contributed by atoms with E-state index in [9.17, 15) is 4.79 Å². The summed E-state index contributed by atoms with van der Waals surface area (Å²) in [6.07, 6.45) is 5.44. The van der Waals surface area contributed by atoms with E-state index < -0.39 is 0 Å². The number of amides is 1. The van der Waals surface area contributed by atoms with Crippen LogP contribution in [0.5, 0.6) is 0 Å². The number of nitrogens with zero attached hydrogens (tertiary/aromatic N) is 3. The Morgan fingerprint density at radius 2 is 2.14 bits per heavy atom. The number of aryl methyl sites for hydroxylation is 2. The number of carbonyl (C=O) groups excluding carboxylic acids is 1. The van der Waals surface area contributed by atoms with Crippen LogP contribution in [0.25, 0.3) is 0 Å². The first-order valence-corrected chi connectivity index (χ1v) is 7.38. The molecule has 1 aromatic carbocycles. The molecular weight excluding hydrogens is 274 g/mol. The molecule has 1 aromatic heterocycles. The van der Waals surface area contributed by atoms with E-state index in [4.69, 9.17) is 6.42 Å². The van der Waals surface area contributed by atoms with Gasteiger partial charge in [0, 0.05) is 23.5 Å². The Balaban J connectivity index is 2.32. The van der Waals surface area contributed by atoms with Crippen LogP contribution in [0.4, 0.5) is 5.69 Å². The van der Waals surface area contributed by atoms with Crippen LogP contribution in [0.2, 0.25) is 0 Å². The maximum absolute atomic E-state index is 12.8. The van der Waals surface area contributed by atoms with Crippen molar-refractivity contribution >= 4 is 11.6 Å². The molecule has 0 aliphatic carbocycles. The van der Waals surface area contributed by atoms with Crippen LogP contribution in [0.3, 0.4) is 0 Å². The summed E-state index contributed by atoms with van der Waals surface area (Å²) in [5, 5.41) is 4.41. The van der Waals surface area contributed by atoms with Gasteiger partial charge in [0.25, 0.3) is 5.91 Å². The molecule has 1 amide bonds. The van der Waals surface area contributed by atoms with Crippen molar-refractivity contribution in [1.29, 1.82) is 0 Å². The van der Waals surface area contributed by atoms with Gasteiger partial charge in [-0.2, -0.15) is 5.10 Å². The van der Waals surface area contributed by atoms with Gasteiger partial charge in [-0.3, -0.25) is 9.48 Å². The molecule has 0 bridgehead atoms. The lowest BCUT2D eigenvalue weighted by Gasteiger charge is -2.25. The molecule has 22 heavy (non-hydrogen) atoms. The van der Waals surface area contributed by atoms with E-state index in [-0.39, 0.29) is 11.9 Å². The van der Waals surface area contributed by atoms with Gasteiger partial charge in [-0.05, 0) is 52.0 Å². The summed E-state index contributed by atoms with van der Waals surface area (Å²) < 4.78 is 1.77. The molecule has 0 fully saturated rings. The van der Waals surface area contributed by atoms with E-state index in [0.29, 0.717) is 6.54 Å². The third kappa shape index (κ3) is 3.04. The third-order valence-corrected chi connectivity index (χ3v) is 3.68. The van der Waals surface area contributed by atoms with E-state index >= 15 is 0 Å². The molecule has 0 aliphatic heterocycles. The van der Waals surface area contributed by atoms with Crippen LogP contribution in [-0.2, 0) is 4.79 Å². The minimum atomic E-state index is -0.358. The minimum absolute atomic E-state index is 0.00266. The second-order valence-corrected chi connectivity index (χ2v) is 5.32. The van der Waals surface area contributed by atoms with E-state index in [1.165, 1.54) is 0 Å². The molecule has 1 atom stereocenters. The fourth-order valence-electron chi connectivity index (χ4n) is 2.60. The lowest BCUT2D eigenvalue weighted by molar-refractivity contribution is -0.121. The molecule has 2 rings (SSSR count). The Labute approximate surface area is 131 Å². The average Bonchev–Trinajstić information content (AvgIpc) is 2.86. The number of anilines is 1. The molecule has 2 aromatic rings. The summed E-state index contributed by atoms with van der Waals surface area (Å²) in [5.41, 5.74) is 3.47. The summed E-state index contributed by atoms with van der Waals surface area (Å²) >= 11 is 0. The van der Waals surface area contributed by atoms with Gasteiger partial charge in [0.05, 0.1) is 5.69 Å². The van der Waals surface area contributed by atoms with E-state index in [0.717, 1.165) is 22.6 Å². The smallest absolute Gasteiger partial charge is 0.251 e. The standard InChI is InChI=1S/C18H21N3O/c1-6-16-9-8-10-17(12-16)20(7-2)18(22)15(5)21-14(4)11-13(3)19-21/h1,8-12,15H,7H2,2-5H3. The third-order valence-electron chi connectivity index (χ3n) is 3.68. The van der Waals surface area contributed by atoms with Crippen LogP contribution in [-0.4, -0.2) is 22.2 Å². The van der Waals surface area contributed by atoms with Crippen molar-refractivity contribution in [2.75, 3.05) is 11.4 Å². The molecule has 1 unspecified atom stereocenters. The summed E-state index contributed by atoms with van der Waals surface area (Å²) in [5.74, 6) is 2.61. The highest BCUT2D eigenvalue weighted by atomic mass is 16.2. The molecule has 114 valence electrons. The van der Waals surface area contributed by atoms with Crippen molar-refractivity contribution in [3.63, 3.8) is 0 Å². The van der Waals surface area contributed by atoms with E-state index in [1.54, 1.807) is 9.58 Å². The molecular formula is C18H21N3O. The van der Waals surface area contributed by atoms with Crippen LogP contribution >= 0.6 is 0 Å². The number of hydrogen-bond donors (Lipinski definition) is 0. The van der Waals surface area contributed by atoms with Crippen LogP contribution in [0, 0.1) is 26.2 Å². The molecule has 0 aliphatic rings. The highest BCUT2D eigenvalue weighted by molar-refractivity contribution is 5.96. The van der Waals surface area contributed by atoms with Gasteiger partial charge in [0.15, 0.2) is 0 Å².